The van der Waals surface area contributed by atoms with Gasteiger partial charge in [0.15, 0.2) is 0 Å². The van der Waals surface area contributed by atoms with Gasteiger partial charge in [-0.2, -0.15) is 0 Å². The molecule has 0 spiro atoms. The van der Waals surface area contributed by atoms with E-state index in [0.29, 0.717) is 0 Å². The fourth-order valence-electron chi connectivity index (χ4n) is 7.53. The van der Waals surface area contributed by atoms with Crippen molar-refractivity contribution in [2.45, 2.75) is 118 Å². The molecular formula is C44H52N2. The van der Waals surface area contributed by atoms with E-state index in [4.69, 9.17) is 9.98 Å². The van der Waals surface area contributed by atoms with Gasteiger partial charge in [0.2, 0.25) is 0 Å². The van der Waals surface area contributed by atoms with Crippen LogP contribution in [0.3, 0.4) is 0 Å². The molecule has 2 nitrogen and oxygen atoms in total. The van der Waals surface area contributed by atoms with Crippen LogP contribution in [0.25, 0.3) is 0 Å². The van der Waals surface area contributed by atoms with E-state index >= 15 is 0 Å². The van der Waals surface area contributed by atoms with Gasteiger partial charge in [-0.3, -0.25) is 0 Å². The Morgan fingerprint density at radius 1 is 0.457 bits per heavy atom. The van der Waals surface area contributed by atoms with Gasteiger partial charge in [0.1, 0.15) is 0 Å². The predicted octanol–water partition coefficient (Wildman–Crippen LogP) is 11.7. The molecule has 0 saturated heterocycles. The molecular weight excluding hydrogens is 556 g/mol. The third-order valence-corrected chi connectivity index (χ3v) is 10.4. The number of hydrogen-bond acceptors (Lipinski definition) is 2. The van der Waals surface area contributed by atoms with E-state index in [1.54, 1.807) is 0 Å². The van der Waals surface area contributed by atoms with Gasteiger partial charge in [-0.25, -0.2) is 9.98 Å². The molecule has 0 heterocycles. The van der Waals surface area contributed by atoms with E-state index < -0.39 is 0 Å². The molecule has 7 rings (SSSR count). The Bertz CT molecular complexity index is 1740. The maximum Gasteiger partial charge on any atom is 0.0754 e. The maximum atomic E-state index is 5.80. The van der Waals surface area contributed by atoms with Crippen molar-refractivity contribution >= 4 is 22.8 Å². The summed E-state index contributed by atoms with van der Waals surface area (Å²) in [4.78, 5) is 11.6. The van der Waals surface area contributed by atoms with E-state index in [-0.39, 0.29) is 22.7 Å². The van der Waals surface area contributed by atoms with Gasteiger partial charge in [0.25, 0.3) is 0 Å². The predicted molar refractivity (Wildman–Crippen MR) is 199 cm³/mol. The summed E-state index contributed by atoms with van der Waals surface area (Å²) in [5, 5.41) is 0. The fraction of sp³-hybridized carbons (Fsp3) is 0.409. The summed E-state index contributed by atoms with van der Waals surface area (Å²) in [6, 6.07) is 27.9. The Kier molecular flexibility index (Phi) is 8.47. The Morgan fingerprint density at radius 3 is 1.09 bits per heavy atom. The number of aryl methyl sites for hydroxylation is 4. The Labute approximate surface area is 278 Å². The van der Waals surface area contributed by atoms with Crippen LogP contribution in [0.2, 0.25) is 0 Å². The molecule has 2 bridgehead atoms. The molecule has 0 N–H and O–H groups in total. The number of para-hydroxylation sites is 2. The number of fused-ring (bicyclic) bond motifs is 1. The van der Waals surface area contributed by atoms with Gasteiger partial charge < -0.3 is 0 Å². The molecule has 0 unspecified atom stereocenters. The molecule has 0 amide bonds. The minimum Gasteiger partial charge on any atom is -0.250 e. The fourth-order valence-corrected chi connectivity index (χ4v) is 7.53. The zero-order valence-corrected chi connectivity index (χ0v) is 29.8. The first-order valence-electron chi connectivity index (χ1n) is 17.6. The minimum atomic E-state index is 0.0202. The van der Waals surface area contributed by atoms with Gasteiger partial charge in [-0.05, 0) is 92.1 Å². The molecule has 2 heteroatoms. The number of nitrogens with zero attached hydrogens (tertiary/aromatic N) is 2. The van der Waals surface area contributed by atoms with Gasteiger partial charge in [0, 0.05) is 0 Å². The highest BCUT2D eigenvalue weighted by Crippen LogP contribution is 2.53. The summed E-state index contributed by atoms with van der Waals surface area (Å²) in [5.74, 6) is 0.0529. The van der Waals surface area contributed by atoms with Crippen molar-refractivity contribution in [2.24, 2.45) is 9.98 Å². The van der Waals surface area contributed by atoms with Gasteiger partial charge in [0.05, 0.1) is 34.6 Å². The second-order valence-corrected chi connectivity index (χ2v) is 15.3. The molecule has 4 aromatic rings. The molecule has 0 saturated carbocycles. The first kappa shape index (κ1) is 32.2. The van der Waals surface area contributed by atoms with Crippen LogP contribution in [0.1, 0.15) is 137 Å². The SMILES string of the molecule is CCc1cccc(CC)c1N=C1C(=Nc2c(CC)cccc2CC)C2c3cc(C(C)(C)C)ccc3C1c1ccc(C(C)(C)C)cc12. The minimum absolute atomic E-state index is 0.0202. The number of aliphatic imine (C=N–C) groups is 2. The Morgan fingerprint density at radius 2 is 0.783 bits per heavy atom. The van der Waals surface area contributed by atoms with E-state index in [2.05, 4.69) is 142 Å². The number of benzene rings is 4. The Hall–Kier alpha value is -3.78. The van der Waals surface area contributed by atoms with Crippen molar-refractivity contribution in [1.29, 1.82) is 0 Å². The first-order valence-corrected chi connectivity index (χ1v) is 17.6. The van der Waals surface area contributed by atoms with Crippen molar-refractivity contribution in [3.63, 3.8) is 0 Å². The van der Waals surface area contributed by atoms with Crippen molar-refractivity contribution in [2.75, 3.05) is 0 Å². The summed E-state index contributed by atoms with van der Waals surface area (Å²) in [5.41, 5.74) is 18.2. The smallest absolute Gasteiger partial charge is 0.0754 e. The largest absolute Gasteiger partial charge is 0.250 e. The van der Waals surface area contributed by atoms with Gasteiger partial charge in [-0.15, -0.1) is 0 Å². The lowest BCUT2D eigenvalue weighted by Gasteiger charge is -2.43. The molecule has 4 aromatic carbocycles. The maximum absolute atomic E-state index is 5.80. The van der Waals surface area contributed by atoms with E-state index in [9.17, 15) is 0 Å². The average Bonchev–Trinajstić information content (AvgIpc) is 3.04. The van der Waals surface area contributed by atoms with Gasteiger partial charge >= 0.3 is 0 Å². The molecule has 0 atom stereocenters. The summed E-state index contributed by atoms with van der Waals surface area (Å²) < 4.78 is 0. The Balaban J connectivity index is 1.76. The highest BCUT2D eigenvalue weighted by molar-refractivity contribution is 6.50. The summed E-state index contributed by atoms with van der Waals surface area (Å²) in [6.45, 7) is 22.9. The van der Waals surface area contributed by atoms with Crippen LogP contribution >= 0.6 is 0 Å². The summed E-state index contributed by atoms with van der Waals surface area (Å²) in [6.07, 6.45) is 3.82. The molecule has 0 aromatic heterocycles. The second-order valence-electron chi connectivity index (χ2n) is 15.3. The molecule has 46 heavy (non-hydrogen) atoms. The third-order valence-electron chi connectivity index (χ3n) is 10.4. The van der Waals surface area contributed by atoms with Crippen LogP contribution in [0.15, 0.2) is 82.8 Å². The van der Waals surface area contributed by atoms with E-state index in [0.717, 1.165) is 48.5 Å². The van der Waals surface area contributed by atoms with Crippen LogP contribution in [-0.2, 0) is 36.5 Å². The molecule has 0 fully saturated rings. The van der Waals surface area contributed by atoms with Crippen LogP contribution in [0, 0.1) is 0 Å². The van der Waals surface area contributed by atoms with Crippen LogP contribution in [0.4, 0.5) is 11.4 Å². The highest BCUT2D eigenvalue weighted by atomic mass is 14.9. The van der Waals surface area contributed by atoms with Crippen molar-refractivity contribution in [3.05, 3.63) is 128 Å². The molecule has 3 aliphatic rings. The topological polar surface area (TPSA) is 24.7 Å². The monoisotopic (exact) mass is 608 g/mol. The van der Waals surface area contributed by atoms with Crippen LogP contribution < -0.4 is 0 Å². The third kappa shape index (κ3) is 5.48. The standard InChI is InChI=1S/C44H52N2/c1-11-27-17-15-18-28(12-2)39(27)45-41-37-33-23-21-31(43(5,6)7)25-35(33)38(36-26-32(44(8,9)10)22-24-34(36)37)42(41)46-40-29(13-3)19-16-20-30(40)14-4/h15-26,37-38H,11-14H2,1-10H3. The zero-order valence-electron chi connectivity index (χ0n) is 29.8. The van der Waals surface area contributed by atoms with Crippen LogP contribution in [-0.4, -0.2) is 11.4 Å². The lowest BCUT2D eigenvalue weighted by Crippen LogP contribution is -2.41. The van der Waals surface area contributed by atoms with Crippen molar-refractivity contribution in [3.8, 4) is 0 Å². The van der Waals surface area contributed by atoms with Crippen LogP contribution in [0.5, 0.6) is 0 Å². The summed E-state index contributed by atoms with van der Waals surface area (Å²) >= 11 is 0. The van der Waals surface area contributed by atoms with Crippen molar-refractivity contribution in [1.82, 2.24) is 0 Å². The lowest BCUT2D eigenvalue weighted by molar-refractivity contribution is 0.586. The lowest BCUT2D eigenvalue weighted by atomic mass is 9.60. The van der Waals surface area contributed by atoms with Crippen molar-refractivity contribution < 1.29 is 0 Å². The molecule has 238 valence electrons. The average molecular weight is 609 g/mol. The first-order chi connectivity index (χ1) is 21.9. The van der Waals surface area contributed by atoms with E-state index in [1.807, 2.05) is 0 Å². The van der Waals surface area contributed by atoms with E-state index in [1.165, 1.54) is 55.6 Å². The van der Waals surface area contributed by atoms with Gasteiger partial charge in [-0.1, -0.05) is 142 Å². The summed E-state index contributed by atoms with van der Waals surface area (Å²) in [7, 11) is 0. The number of rotatable bonds is 6. The highest BCUT2D eigenvalue weighted by Gasteiger charge is 2.47. The zero-order chi connectivity index (χ0) is 33.0. The second kappa shape index (κ2) is 12.1. The molecule has 0 aliphatic heterocycles. The quantitative estimate of drug-likeness (QED) is 0.208. The molecule has 0 radical (unpaired) electrons. The number of hydrogen-bond donors (Lipinski definition) is 0. The normalized spacial score (nSPS) is 19.1. The molecule has 3 aliphatic carbocycles.